The van der Waals surface area contributed by atoms with Crippen molar-refractivity contribution in [2.75, 3.05) is 18.5 Å². The molecule has 0 aliphatic heterocycles. The SMILES string of the molecule is CCC(CC)(CNC(=O)c1cc(Br)cc(N)c1C)SC. The third-order valence-electron chi connectivity index (χ3n) is 3.95. The monoisotopic (exact) mass is 358 g/mol. The van der Waals surface area contributed by atoms with Crippen molar-refractivity contribution >= 4 is 39.3 Å². The first-order valence-corrected chi connectivity index (χ1v) is 8.80. The zero-order valence-corrected chi connectivity index (χ0v) is 15.0. The number of halogens is 1. The second-order valence-corrected chi connectivity index (χ2v) is 7.13. The number of carbonyl (C=O) groups excluding carboxylic acids is 1. The van der Waals surface area contributed by atoms with Crippen molar-refractivity contribution in [3.63, 3.8) is 0 Å². The van der Waals surface area contributed by atoms with Crippen LogP contribution in [0.1, 0.15) is 42.6 Å². The maximum atomic E-state index is 12.4. The highest BCUT2D eigenvalue weighted by Crippen LogP contribution is 2.30. The Hall–Kier alpha value is -0.680. The Morgan fingerprint density at radius 3 is 2.50 bits per heavy atom. The highest BCUT2D eigenvalue weighted by Gasteiger charge is 2.26. The van der Waals surface area contributed by atoms with E-state index in [1.54, 1.807) is 0 Å². The molecule has 0 bridgehead atoms. The molecule has 20 heavy (non-hydrogen) atoms. The number of rotatable bonds is 6. The second kappa shape index (κ2) is 7.36. The number of hydrogen-bond acceptors (Lipinski definition) is 3. The highest BCUT2D eigenvalue weighted by molar-refractivity contribution is 9.10. The van der Waals surface area contributed by atoms with Crippen molar-refractivity contribution in [2.24, 2.45) is 0 Å². The molecule has 0 saturated heterocycles. The lowest BCUT2D eigenvalue weighted by Gasteiger charge is -2.30. The van der Waals surface area contributed by atoms with E-state index in [2.05, 4.69) is 41.3 Å². The molecule has 3 nitrogen and oxygen atoms in total. The number of nitrogens with two attached hydrogens (primary N) is 1. The normalized spacial score (nSPS) is 11.4. The summed E-state index contributed by atoms with van der Waals surface area (Å²) < 4.78 is 0.939. The van der Waals surface area contributed by atoms with Gasteiger partial charge in [0, 0.05) is 27.0 Å². The molecule has 0 saturated carbocycles. The summed E-state index contributed by atoms with van der Waals surface area (Å²) in [5.41, 5.74) is 8.00. The van der Waals surface area contributed by atoms with Gasteiger partial charge in [-0.3, -0.25) is 4.79 Å². The smallest absolute Gasteiger partial charge is 0.251 e. The van der Waals surface area contributed by atoms with E-state index in [9.17, 15) is 4.79 Å². The zero-order valence-electron chi connectivity index (χ0n) is 12.5. The molecular weight excluding hydrogens is 336 g/mol. The van der Waals surface area contributed by atoms with Crippen LogP contribution in [0.4, 0.5) is 5.69 Å². The van der Waals surface area contributed by atoms with Gasteiger partial charge in [0.05, 0.1) is 0 Å². The molecule has 0 radical (unpaired) electrons. The average Bonchev–Trinajstić information content (AvgIpc) is 2.44. The van der Waals surface area contributed by atoms with E-state index in [1.807, 2.05) is 30.8 Å². The van der Waals surface area contributed by atoms with Crippen molar-refractivity contribution in [2.45, 2.75) is 38.4 Å². The van der Waals surface area contributed by atoms with E-state index in [1.165, 1.54) is 0 Å². The van der Waals surface area contributed by atoms with Gasteiger partial charge in [-0.15, -0.1) is 0 Å². The number of hydrogen-bond donors (Lipinski definition) is 2. The predicted octanol–water partition coefficient (Wildman–Crippen LogP) is 3.99. The maximum absolute atomic E-state index is 12.4. The van der Waals surface area contributed by atoms with Crippen LogP contribution in [0.5, 0.6) is 0 Å². The fraction of sp³-hybridized carbons (Fsp3) is 0.533. The average molecular weight is 359 g/mol. The number of benzene rings is 1. The molecule has 0 aromatic heterocycles. The Morgan fingerprint density at radius 1 is 1.40 bits per heavy atom. The minimum Gasteiger partial charge on any atom is -0.398 e. The molecule has 0 heterocycles. The molecule has 0 spiro atoms. The third kappa shape index (κ3) is 3.92. The van der Waals surface area contributed by atoms with Crippen LogP contribution in [0.15, 0.2) is 16.6 Å². The van der Waals surface area contributed by atoms with Crippen molar-refractivity contribution in [3.8, 4) is 0 Å². The van der Waals surface area contributed by atoms with Gasteiger partial charge in [-0.05, 0) is 43.7 Å². The number of nitrogen functional groups attached to an aromatic ring is 1. The van der Waals surface area contributed by atoms with E-state index in [-0.39, 0.29) is 10.7 Å². The number of amides is 1. The number of thioether (sulfide) groups is 1. The van der Waals surface area contributed by atoms with E-state index in [0.29, 0.717) is 17.8 Å². The van der Waals surface area contributed by atoms with Crippen LogP contribution in [0.25, 0.3) is 0 Å². The first kappa shape index (κ1) is 17.4. The summed E-state index contributed by atoms with van der Waals surface area (Å²) in [5, 5.41) is 3.05. The molecule has 5 heteroatoms. The van der Waals surface area contributed by atoms with Crippen molar-refractivity contribution < 1.29 is 4.79 Å². The van der Waals surface area contributed by atoms with Gasteiger partial charge in [0.2, 0.25) is 0 Å². The van der Waals surface area contributed by atoms with Crippen LogP contribution >= 0.6 is 27.7 Å². The van der Waals surface area contributed by atoms with E-state index >= 15 is 0 Å². The Morgan fingerprint density at radius 2 is 2.00 bits per heavy atom. The van der Waals surface area contributed by atoms with Crippen LogP contribution in [-0.4, -0.2) is 23.5 Å². The Balaban J connectivity index is 2.87. The van der Waals surface area contributed by atoms with Gasteiger partial charge in [0.1, 0.15) is 0 Å². The molecular formula is C15H23BrN2OS. The molecule has 0 atom stereocenters. The summed E-state index contributed by atoms with van der Waals surface area (Å²) in [6, 6.07) is 3.63. The lowest BCUT2D eigenvalue weighted by molar-refractivity contribution is 0.0948. The molecule has 0 aliphatic rings. The summed E-state index contributed by atoms with van der Waals surface area (Å²) in [6.07, 6.45) is 4.16. The fourth-order valence-electron chi connectivity index (χ4n) is 2.13. The Bertz CT molecular complexity index is 479. The minimum absolute atomic E-state index is 0.0594. The standard InChI is InChI=1S/C15H23BrN2OS/c1-5-15(6-2,20-4)9-18-14(19)12-7-11(16)8-13(17)10(12)3/h7-8H,5-6,9,17H2,1-4H3,(H,18,19). The zero-order chi connectivity index (χ0) is 15.3. The molecule has 1 aromatic rings. The van der Waals surface area contributed by atoms with Gasteiger partial charge >= 0.3 is 0 Å². The van der Waals surface area contributed by atoms with Gasteiger partial charge in [0.15, 0.2) is 0 Å². The van der Waals surface area contributed by atoms with Gasteiger partial charge in [-0.1, -0.05) is 29.8 Å². The van der Waals surface area contributed by atoms with Crippen LogP contribution < -0.4 is 11.1 Å². The number of carbonyl (C=O) groups is 1. The third-order valence-corrected chi connectivity index (χ3v) is 6.00. The summed E-state index contributed by atoms with van der Waals surface area (Å²) in [6.45, 7) is 6.87. The number of nitrogens with one attached hydrogen (secondary N) is 1. The topological polar surface area (TPSA) is 55.1 Å². The summed E-state index contributed by atoms with van der Waals surface area (Å²) in [7, 11) is 0. The van der Waals surface area contributed by atoms with Gasteiger partial charge < -0.3 is 11.1 Å². The Labute approximate surface area is 134 Å². The maximum Gasteiger partial charge on any atom is 0.251 e. The van der Waals surface area contributed by atoms with E-state index in [0.717, 1.165) is 22.9 Å². The predicted molar refractivity (Wildman–Crippen MR) is 92.5 cm³/mol. The fourth-order valence-corrected chi connectivity index (χ4v) is 3.40. The van der Waals surface area contributed by atoms with E-state index in [4.69, 9.17) is 5.73 Å². The molecule has 112 valence electrons. The number of anilines is 1. The van der Waals surface area contributed by atoms with Crippen LogP contribution in [0.3, 0.4) is 0 Å². The van der Waals surface area contributed by atoms with Crippen LogP contribution in [0.2, 0.25) is 0 Å². The summed E-state index contributed by atoms with van der Waals surface area (Å²) in [5.74, 6) is -0.0594. The molecule has 1 aromatic carbocycles. The quantitative estimate of drug-likeness (QED) is 0.755. The van der Waals surface area contributed by atoms with Crippen molar-refractivity contribution in [3.05, 3.63) is 27.7 Å². The molecule has 1 rings (SSSR count). The molecule has 0 aliphatic carbocycles. The summed E-state index contributed by atoms with van der Waals surface area (Å²) in [4.78, 5) is 12.4. The lowest BCUT2D eigenvalue weighted by atomic mass is 10.0. The molecule has 3 N–H and O–H groups in total. The van der Waals surface area contributed by atoms with E-state index < -0.39 is 0 Å². The molecule has 0 fully saturated rings. The van der Waals surface area contributed by atoms with Crippen LogP contribution in [-0.2, 0) is 0 Å². The van der Waals surface area contributed by atoms with Gasteiger partial charge in [0.25, 0.3) is 5.91 Å². The van der Waals surface area contributed by atoms with Crippen molar-refractivity contribution in [1.29, 1.82) is 0 Å². The van der Waals surface area contributed by atoms with Crippen LogP contribution in [0, 0.1) is 6.92 Å². The largest absolute Gasteiger partial charge is 0.398 e. The molecule has 0 unspecified atom stereocenters. The second-order valence-electron chi connectivity index (χ2n) is 4.94. The lowest BCUT2D eigenvalue weighted by Crippen LogP contribution is -2.39. The highest BCUT2D eigenvalue weighted by atomic mass is 79.9. The molecule has 1 amide bonds. The summed E-state index contributed by atoms with van der Waals surface area (Å²) >= 11 is 5.20. The first-order chi connectivity index (χ1) is 9.39. The van der Waals surface area contributed by atoms with Crippen molar-refractivity contribution in [1.82, 2.24) is 5.32 Å². The van der Waals surface area contributed by atoms with Gasteiger partial charge in [-0.2, -0.15) is 11.8 Å². The Kier molecular flexibility index (Phi) is 6.40. The first-order valence-electron chi connectivity index (χ1n) is 6.78. The minimum atomic E-state index is -0.0594. The van der Waals surface area contributed by atoms with Gasteiger partial charge in [-0.25, -0.2) is 0 Å².